The quantitative estimate of drug-likeness (QED) is 0.558. The van der Waals surface area contributed by atoms with Crippen molar-refractivity contribution in [2.45, 2.75) is 12.8 Å². The number of aliphatic hydroxyl groups is 1. The smallest absolute Gasteiger partial charge is 0.0622 e. The molecule has 3 nitrogen and oxygen atoms in total. The molecule has 0 radical (unpaired) electrons. The van der Waals surface area contributed by atoms with Gasteiger partial charge in [0, 0.05) is 13.0 Å². The summed E-state index contributed by atoms with van der Waals surface area (Å²) in [6.45, 7) is 1.79. The van der Waals surface area contributed by atoms with Crippen LogP contribution < -0.4 is 0 Å². The zero-order valence-corrected chi connectivity index (χ0v) is 6.38. The Morgan fingerprint density at radius 1 is 1.50 bits per heavy atom. The zero-order valence-electron chi connectivity index (χ0n) is 6.38. The molecule has 0 aromatic carbocycles. The van der Waals surface area contributed by atoms with E-state index in [2.05, 4.69) is 6.07 Å². The van der Waals surface area contributed by atoms with Crippen LogP contribution in [0.5, 0.6) is 0 Å². The van der Waals surface area contributed by atoms with Crippen LogP contribution in [0.25, 0.3) is 0 Å². The third-order valence-electron chi connectivity index (χ3n) is 1.31. The molecule has 0 atom stereocenters. The minimum atomic E-state index is 0.197. The molecule has 0 aliphatic heterocycles. The molecule has 0 aliphatic rings. The third-order valence-corrected chi connectivity index (χ3v) is 1.31. The maximum atomic E-state index is 8.49. The summed E-state index contributed by atoms with van der Waals surface area (Å²) in [4.78, 5) is 2.01. The molecule has 0 aromatic heterocycles. The molecular weight excluding hydrogens is 128 g/mol. The first kappa shape index (κ1) is 9.41. The second-order valence-electron chi connectivity index (χ2n) is 2.29. The largest absolute Gasteiger partial charge is 0.395 e. The standard InChI is InChI=1S/C7H14N2O/c1-9(6-7-10)5-3-2-4-8/h10H,2-3,5-7H2,1H3. The van der Waals surface area contributed by atoms with Crippen molar-refractivity contribution < 1.29 is 5.11 Å². The molecule has 58 valence electrons. The normalized spacial score (nSPS) is 9.80. The van der Waals surface area contributed by atoms with Gasteiger partial charge < -0.3 is 10.0 Å². The van der Waals surface area contributed by atoms with Crippen LogP contribution in [0.3, 0.4) is 0 Å². The van der Waals surface area contributed by atoms with Gasteiger partial charge >= 0.3 is 0 Å². The molecule has 10 heavy (non-hydrogen) atoms. The fourth-order valence-electron chi connectivity index (χ4n) is 0.711. The van der Waals surface area contributed by atoms with E-state index in [0.29, 0.717) is 13.0 Å². The summed E-state index contributed by atoms with van der Waals surface area (Å²) in [5, 5.41) is 16.7. The first-order valence-corrected chi connectivity index (χ1v) is 3.47. The second-order valence-corrected chi connectivity index (χ2v) is 2.29. The van der Waals surface area contributed by atoms with Crippen LogP contribution in [0.15, 0.2) is 0 Å². The van der Waals surface area contributed by atoms with Gasteiger partial charge in [-0.1, -0.05) is 0 Å². The molecule has 0 spiro atoms. The van der Waals surface area contributed by atoms with Crippen LogP contribution in [-0.2, 0) is 0 Å². The molecule has 0 amide bonds. The highest BCUT2D eigenvalue weighted by molar-refractivity contribution is 4.69. The maximum Gasteiger partial charge on any atom is 0.0622 e. The highest BCUT2D eigenvalue weighted by Gasteiger charge is 1.94. The Labute approximate surface area is 61.9 Å². The summed E-state index contributed by atoms with van der Waals surface area (Å²) in [7, 11) is 1.94. The topological polar surface area (TPSA) is 47.3 Å². The van der Waals surface area contributed by atoms with Crippen molar-refractivity contribution in [1.82, 2.24) is 4.90 Å². The van der Waals surface area contributed by atoms with E-state index in [0.717, 1.165) is 13.0 Å². The van der Waals surface area contributed by atoms with E-state index in [9.17, 15) is 0 Å². The molecule has 0 bridgehead atoms. The van der Waals surface area contributed by atoms with Crippen LogP contribution >= 0.6 is 0 Å². The molecule has 1 N–H and O–H groups in total. The summed E-state index contributed by atoms with van der Waals surface area (Å²) in [6, 6.07) is 2.08. The minimum absolute atomic E-state index is 0.197. The fourth-order valence-corrected chi connectivity index (χ4v) is 0.711. The number of unbranched alkanes of at least 4 members (excludes halogenated alkanes) is 1. The highest BCUT2D eigenvalue weighted by Crippen LogP contribution is 1.89. The lowest BCUT2D eigenvalue weighted by Crippen LogP contribution is -2.22. The summed E-state index contributed by atoms with van der Waals surface area (Å²) in [5.74, 6) is 0. The van der Waals surface area contributed by atoms with Gasteiger partial charge in [-0.25, -0.2) is 0 Å². The van der Waals surface area contributed by atoms with Crippen molar-refractivity contribution in [3.63, 3.8) is 0 Å². The molecule has 0 rings (SSSR count). The average molecular weight is 142 g/mol. The Kier molecular flexibility index (Phi) is 6.14. The Bertz CT molecular complexity index is 109. The van der Waals surface area contributed by atoms with Gasteiger partial charge in [0.2, 0.25) is 0 Å². The monoisotopic (exact) mass is 142 g/mol. The molecule has 0 fully saturated rings. The molecule has 0 aromatic rings. The lowest BCUT2D eigenvalue weighted by Gasteiger charge is -2.12. The van der Waals surface area contributed by atoms with E-state index in [1.54, 1.807) is 0 Å². The van der Waals surface area contributed by atoms with Crippen LogP contribution in [0, 0.1) is 11.3 Å². The first-order valence-electron chi connectivity index (χ1n) is 3.47. The van der Waals surface area contributed by atoms with Gasteiger partial charge in [-0.05, 0) is 20.0 Å². The van der Waals surface area contributed by atoms with Crippen LogP contribution in [0.1, 0.15) is 12.8 Å². The number of hydrogen-bond donors (Lipinski definition) is 1. The lowest BCUT2D eigenvalue weighted by atomic mass is 10.3. The maximum absolute atomic E-state index is 8.49. The summed E-state index contributed by atoms with van der Waals surface area (Å²) in [6.07, 6.45) is 1.50. The van der Waals surface area contributed by atoms with Gasteiger partial charge in [-0.15, -0.1) is 0 Å². The van der Waals surface area contributed by atoms with Crippen molar-refractivity contribution in [2.75, 3.05) is 26.7 Å². The van der Waals surface area contributed by atoms with Gasteiger partial charge in [-0.2, -0.15) is 5.26 Å². The van der Waals surface area contributed by atoms with E-state index >= 15 is 0 Å². The first-order chi connectivity index (χ1) is 4.81. The van der Waals surface area contributed by atoms with Gasteiger partial charge in [0.25, 0.3) is 0 Å². The van der Waals surface area contributed by atoms with E-state index in [1.165, 1.54) is 0 Å². The molecule has 0 unspecified atom stereocenters. The average Bonchev–Trinajstić information content (AvgIpc) is 1.89. The van der Waals surface area contributed by atoms with E-state index in [4.69, 9.17) is 10.4 Å². The number of aliphatic hydroxyl groups excluding tert-OH is 1. The van der Waals surface area contributed by atoms with Gasteiger partial charge in [0.1, 0.15) is 0 Å². The Morgan fingerprint density at radius 2 is 2.20 bits per heavy atom. The Balaban J connectivity index is 3.06. The summed E-state index contributed by atoms with van der Waals surface area (Å²) >= 11 is 0. The third kappa shape index (κ3) is 5.54. The minimum Gasteiger partial charge on any atom is -0.395 e. The predicted molar refractivity (Wildman–Crippen MR) is 39.4 cm³/mol. The van der Waals surface area contributed by atoms with Gasteiger partial charge in [-0.3, -0.25) is 0 Å². The molecule has 3 heteroatoms. The van der Waals surface area contributed by atoms with Gasteiger partial charge in [0.15, 0.2) is 0 Å². The number of likely N-dealkylation sites (N-methyl/N-ethyl adjacent to an activating group) is 1. The van der Waals surface area contributed by atoms with Crippen molar-refractivity contribution >= 4 is 0 Å². The summed E-state index contributed by atoms with van der Waals surface area (Å²) < 4.78 is 0. The van der Waals surface area contributed by atoms with Crippen molar-refractivity contribution in [3.05, 3.63) is 0 Å². The highest BCUT2D eigenvalue weighted by atomic mass is 16.3. The van der Waals surface area contributed by atoms with Crippen molar-refractivity contribution in [2.24, 2.45) is 0 Å². The van der Waals surface area contributed by atoms with Crippen LogP contribution in [-0.4, -0.2) is 36.8 Å². The molecule has 0 aliphatic carbocycles. The van der Waals surface area contributed by atoms with E-state index in [-0.39, 0.29) is 6.61 Å². The van der Waals surface area contributed by atoms with Crippen LogP contribution in [0.2, 0.25) is 0 Å². The fraction of sp³-hybridized carbons (Fsp3) is 0.857. The van der Waals surface area contributed by atoms with Crippen LogP contribution in [0.4, 0.5) is 0 Å². The predicted octanol–water partition coefficient (Wildman–Crippen LogP) is 0.214. The van der Waals surface area contributed by atoms with Crippen molar-refractivity contribution in [1.29, 1.82) is 5.26 Å². The number of nitriles is 1. The van der Waals surface area contributed by atoms with Gasteiger partial charge in [0.05, 0.1) is 12.7 Å². The van der Waals surface area contributed by atoms with Crippen molar-refractivity contribution in [3.8, 4) is 6.07 Å². The second kappa shape index (κ2) is 6.53. The molecule has 0 saturated heterocycles. The number of rotatable bonds is 5. The molecule has 0 heterocycles. The Hall–Kier alpha value is -0.590. The molecular formula is C7H14N2O. The Morgan fingerprint density at radius 3 is 2.70 bits per heavy atom. The zero-order chi connectivity index (χ0) is 7.82. The SMILES string of the molecule is CN(CCO)CCCC#N. The van der Waals surface area contributed by atoms with E-state index in [1.807, 2.05) is 11.9 Å². The number of hydrogen-bond acceptors (Lipinski definition) is 3. The summed E-state index contributed by atoms with van der Waals surface area (Å²) in [5.41, 5.74) is 0. The lowest BCUT2D eigenvalue weighted by molar-refractivity contribution is 0.221. The van der Waals surface area contributed by atoms with E-state index < -0.39 is 0 Å². The molecule has 0 saturated carbocycles. The number of nitrogens with zero attached hydrogens (tertiary/aromatic N) is 2.